The van der Waals surface area contributed by atoms with Gasteiger partial charge >= 0.3 is 0 Å². The fraction of sp³-hybridized carbons (Fsp3) is 0.0816. The molecule has 10 heteroatoms. The van der Waals surface area contributed by atoms with Gasteiger partial charge in [0.2, 0.25) is 5.95 Å². The SMILES string of the molecule is BC(=C)/C(B)=C(O)\C(=C(\O)CO)c1nc(-c2ccc3c(c2)-c2ccccc2C3(C)C)nc(-n2c3ccccc3c3ccc4c(c5ccccc5n4-c4ccccc4)c32)n1. The number of hydrogen-bond acceptors (Lipinski definition) is 6. The van der Waals surface area contributed by atoms with Gasteiger partial charge in [-0.1, -0.05) is 122 Å². The average Bonchev–Trinajstić information content (AvgIpc) is 3.86. The molecule has 8 nitrogen and oxygen atoms in total. The fourth-order valence-electron chi connectivity index (χ4n) is 8.98. The van der Waals surface area contributed by atoms with E-state index in [2.05, 4.69) is 127 Å². The van der Waals surface area contributed by atoms with Crippen LogP contribution in [0.3, 0.4) is 0 Å². The van der Waals surface area contributed by atoms with Gasteiger partial charge in [-0.3, -0.25) is 4.57 Å². The molecule has 0 atom stereocenters. The normalized spacial score (nSPS) is 14.1. The molecule has 9 aromatic rings. The average molecular weight is 768 g/mol. The summed E-state index contributed by atoms with van der Waals surface area (Å²) in [6, 6.07) is 46.0. The Morgan fingerprint density at radius 1 is 0.661 bits per heavy atom. The molecule has 6 aromatic carbocycles. The van der Waals surface area contributed by atoms with Gasteiger partial charge in [0, 0.05) is 38.2 Å². The van der Waals surface area contributed by atoms with Crippen LogP contribution < -0.4 is 0 Å². The molecule has 10 rings (SSSR count). The zero-order chi connectivity index (χ0) is 40.7. The molecule has 0 radical (unpaired) electrons. The third-order valence-corrected chi connectivity index (χ3v) is 12.0. The van der Waals surface area contributed by atoms with E-state index in [1.807, 2.05) is 36.4 Å². The molecule has 0 amide bonds. The highest BCUT2D eigenvalue weighted by Crippen LogP contribution is 2.49. The van der Waals surface area contributed by atoms with Crippen LogP contribution in [0.25, 0.3) is 83.3 Å². The van der Waals surface area contributed by atoms with Gasteiger partial charge in [0.15, 0.2) is 11.6 Å². The van der Waals surface area contributed by atoms with E-state index < -0.39 is 12.4 Å². The summed E-state index contributed by atoms with van der Waals surface area (Å²) in [5.74, 6) is -0.145. The molecule has 59 heavy (non-hydrogen) atoms. The summed E-state index contributed by atoms with van der Waals surface area (Å²) < 4.78 is 4.35. The van der Waals surface area contributed by atoms with Crippen LogP contribution >= 0.6 is 0 Å². The molecule has 1 aliphatic rings. The number of fused-ring (bicyclic) bond motifs is 10. The van der Waals surface area contributed by atoms with E-state index in [-0.39, 0.29) is 28.5 Å². The number of para-hydroxylation sites is 3. The molecule has 0 spiro atoms. The van der Waals surface area contributed by atoms with Crippen LogP contribution in [0.2, 0.25) is 0 Å². The number of rotatable bonds is 7. The second kappa shape index (κ2) is 13.5. The maximum absolute atomic E-state index is 11.8. The van der Waals surface area contributed by atoms with Gasteiger partial charge in [0.05, 0.1) is 22.1 Å². The van der Waals surface area contributed by atoms with Gasteiger partial charge in [-0.15, -0.1) is 6.58 Å². The molecule has 0 aliphatic heterocycles. The third kappa shape index (κ3) is 5.40. The first kappa shape index (κ1) is 36.2. The summed E-state index contributed by atoms with van der Waals surface area (Å²) in [7, 11) is 3.47. The largest absolute Gasteiger partial charge is 0.509 e. The van der Waals surface area contributed by atoms with Crippen molar-refractivity contribution in [2.75, 3.05) is 6.61 Å². The summed E-state index contributed by atoms with van der Waals surface area (Å²) >= 11 is 0. The lowest BCUT2D eigenvalue weighted by Gasteiger charge is -2.21. The second-order valence-corrected chi connectivity index (χ2v) is 15.8. The molecule has 3 N–H and O–H groups in total. The Kier molecular flexibility index (Phi) is 8.26. The Balaban J connectivity index is 1.34. The highest BCUT2D eigenvalue weighted by atomic mass is 16.3. The molecule has 0 saturated carbocycles. The van der Waals surface area contributed by atoms with Crippen LogP contribution in [0.15, 0.2) is 163 Å². The molecule has 0 unspecified atom stereocenters. The molecule has 1 aliphatic carbocycles. The summed E-state index contributed by atoms with van der Waals surface area (Å²) in [6.45, 7) is 7.75. The van der Waals surface area contributed by atoms with E-state index in [1.165, 1.54) is 11.1 Å². The van der Waals surface area contributed by atoms with Crippen LogP contribution in [0, 0.1) is 0 Å². The molecule has 3 aromatic heterocycles. The lowest BCUT2D eigenvalue weighted by Crippen LogP contribution is -2.14. The van der Waals surface area contributed by atoms with E-state index in [0.717, 1.165) is 66.0 Å². The van der Waals surface area contributed by atoms with E-state index in [1.54, 1.807) is 15.7 Å². The van der Waals surface area contributed by atoms with Gasteiger partial charge in [-0.2, -0.15) is 9.97 Å². The van der Waals surface area contributed by atoms with Gasteiger partial charge < -0.3 is 19.9 Å². The molecule has 284 valence electrons. The van der Waals surface area contributed by atoms with E-state index in [0.29, 0.717) is 16.8 Å². The smallest absolute Gasteiger partial charge is 0.238 e. The Hall–Kier alpha value is -7.16. The van der Waals surface area contributed by atoms with E-state index in [9.17, 15) is 15.3 Å². The summed E-state index contributed by atoms with van der Waals surface area (Å²) in [4.78, 5) is 15.4. The fourth-order valence-corrected chi connectivity index (χ4v) is 8.98. The van der Waals surface area contributed by atoms with Gasteiger partial charge in [0.1, 0.15) is 39.4 Å². The molecule has 0 saturated heterocycles. The topological polar surface area (TPSA) is 109 Å². The highest BCUT2D eigenvalue weighted by Gasteiger charge is 2.35. The summed E-state index contributed by atoms with van der Waals surface area (Å²) in [5, 5.41) is 37.6. The molecular formula is C49H39B2N5O3. The minimum Gasteiger partial charge on any atom is -0.509 e. The number of aromatic nitrogens is 5. The zero-order valence-corrected chi connectivity index (χ0v) is 33.2. The van der Waals surface area contributed by atoms with Crippen LogP contribution in [0.1, 0.15) is 30.8 Å². The quantitative estimate of drug-likeness (QED) is 0.0850. The highest BCUT2D eigenvalue weighted by molar-refractivity contribution is 6.37. The van der Waals surface area contributed by atoms with Gasteiger partial charge in [0.25, 0.3) is 0 Å². The number of allylic oxidation sites excluding steroid dienone is 3. The van der Waals surface area contributed by atoms with Crippen LogP contribution in [-0.2, 0) is 5.41 Å². The van der Waals surface area contributed by atoms with Crippen molar-refractivity contribution in [1.29, 1.82) is 0 Å². The Bertz CT molecular complexity index is 3310. The number of aliphatic hydroxyl groups excluding tert-OH is 3. The van der Waals surface area contributed by atoms with Crippen molar-refractivity contribution in [2.24, 2.45) is 0 Å². The predicted octanol–water partition coefficient (Wildman–Crippen LogP) is 8.85. The van der Waals surface area contributed by atoms with Crippen LogP contribution in [0.4, 0.5) is 0 Å². The summed E-state index contributed by atoms with van der Waals surface area (Å²) in [5.41, 5.74) is 11.0. The van der Waals surface area contributed by atoms with Gasteiger partial charge in [-0.25, -0.2) is 4.98 Å². The monoisotopic (exact) mass is 767 g/mol. The van der Waals surface area contributed by atoms with Crippen LogP contribution in [0.5, 0.6) is 0 Å². The van der Waals surface area contributed by atoms with Crippen molar-refractivity contribution in [3.8, 4) is 34.2 Å². The standard InChI is InChI=1S/C49H39B2N5O3/c1-27(50)43(51)45(59)42(40(58)26-57)47-52-46(28-21-23-36-34(25-28)30-15-7-10-18-35(30)49(36,2)3)53-48(54-47)56-37-19-11-8-16-31(37)32-22-24-39-41(44(32)56)33-17-9-12-20-38(33)55(39)29-13-5-4-6-14-29/h4-25,57-59H,1,26,50-51H2,2-3H3/b42-40-,45-43-. The molecular weight excluding hydrogens is 728 g/mol. The predicted molar refractivity (Wildman–Crippen MR) is 244 cm³/mol. The second-order valence-electron chi connectivity index (χ2n) is 15.8. The molecule has 3 heterocycles. The van der Waals surface area contributed by atoms with Crippen molar-refractivity contribution in [1.82, 2.24) is 24.1 Å². The first-order valence-corrected chi connectivity index (χ1v) is 19.7. The summed E-state index contributed by atoms with van der Waals surface area (Å²) in [6.07, 6.45) is 0. The van der Waals surface area contributed by atoms with Crippen molar-refractivity contribution in [3.63, 3.8) is 0 Å². The first-order chi connectivity index (χ1) is 28.6. The number of aliphatic hydroxyl groups is 3. The molecule has 0 fully saturated rings. The number of benzene rings is 6. The Morgan fingerprint density at radius 2 is 1.32 bits per heavy atom. The van der Waals surface area contributed by atoms with Crippen molar-refractivity contribution < 1.29 is 15.3 Å². The Labute approximate surface area is 342 Å². The lowest BCUT2D eigenvalue weighted by molar-refractivity contribution is 0.253. The van der Waals surface area contributed by atoms with Crippen LogP contribution in [-0.4, -0.2) is 61.7 Å². The Morgan fingerprint density at radius 3 is 2.07 bits per heavy atom. The van der Waals surface area contributed by atoms with Crippen molar-refractivity contribution >= 4 is 64.9 Å². The maximum atomic E-state index is 11.8. The zero-order valence-electron chi connectivity index (χ0n) is 33.2. The number of hydrogen-bond donors (Lipinski definition) is 3. The van der Waals surface area contributed by atoms with E-state index >= 15 is 0 Å². The van der Waals surface area contributed by atoms with Crippen molar-refractivity contribution in [3.05, 3.63) is 179 Å². The van der Waals surface area contributed by atoms with Gasteiger partial charge in [-0.05, 0) is 58.7 Å². The maximum Gasteiger partial charge on any atom is 0.238 e. The lowest BCUT2D eigenvalue weighted by atomic mass is 9.76. The first-order valence-electron chi connectivity index (χ1n) is 19.7. The molecule has 0 bridgehead atoms. The minimum absolute atomic E-state index is 0.000647. The van der Waals surface area contributed by atoms with Crippen molar-refractivity contribution in [2.45, 2.75) is 19.3 Å². The number of nitrogens with zero attached hydrogens (tertiary/aromatic N) is 5. The van der Waals surface area contributed by atoms with E-state index in [4.69, 9.17) is 15.0 Å². The minimum atomic E-state index is -0.751. The third-order valence-electron chi connectivity index (χ3n) is 12.0.